The van der Waals surface area contributed by atoms with Gasteiger partial charge in [-0.1, -0.05) is 232 Å². The fourth-order valence-corrected chi connectivity index (χ4v) is 8.90. The topological polar surface area (TPSA) is 38.1 Å². The van der Waals surface area contributed by atoms with Crippen LogP contribution in [0.4, 0.5) is 0 Å². The Bertz CT molecular complexity index is 3010. The van der Waals surface area contributed by atoms with Crippen LogP contribution in [-0.2, 0) is 12.0 Å². The first-order valence-electron chi connectivity index (χ1n) is 22.7. The molecule has 65 heavy (non-hydrogen) atoms. The minimum Gasteiger partial charge on any atom is -0.280 e. The van der Waals surface area contributed by atoms with Gasteiger partial charge < -0.3 is 0 Å². The molecule has 3 heteroatoms. The van der Waals surface area contributed by atoms with Crippen molar-refractivity contribution < 1.29 is 0 Å². The third-order valence-electron chi connectivity index (χ3n) is 12.8. The van der Waals surface area contributed by atoms with Crippen molar-refractivity contribution in [2.75, 3.05) is 0 Å². The number of aliphatic imine (C=N–C) groups is 1. The molecule has 0 aliphatic heterocycles. The first kappa shape index (κ1) is 42.5. The summed E-state index contributed by atoms with van der Waals surface area (Å²) in [6.07, 6.45) is 4.16. The highest BCUT2D eigenvalue weighted by atomic mass is 14.9. The number of nitrogens with zero attached hydrogens (tertiary/aromatic N) is 3. The third-order valence-corrected chi connectivity index (χ3v) is 12.8. The van der Waals surface area contributed by atoms with Gasteiger partial charge in [-0.15, -0.1) is 0 Å². The number of hydrogen-bond acceptors (Lipinski definition) is 3. The average molecular weight is 840 g/mol. The molecular formula is C62H53N3. The molecule has 0 saturated carbocycles. The minimum atomic E-state index is -0.149. The molecule has 9 aromatic rings. The van der Waals surface area contributed by atoms with E-state index in [0.29, 0.717) is 12.4 Å². The van der Waals surface area contributed by atoms with Gasteiger partial charge in [0.25, 0.3) is 0 Å². The van der Waals surface area contributed by atoms with E-state index in [2.05, 4.69) is 239 Å². The van der Waals surface area contributed by atoms with Crippen LogP contribution < -0.4 is 0 Å². The van der Waals surface area contributed by atoms with Gasteiger partial charge >= 0.3 is 0 Å². The van der Waals surface area contributed by atoms with Gasteiger partial charge in [-0.2, -0.15) is 0 Å². The van der Waals surface area contributed by atoms with E-state index in [1.165, 1.54) is 50.1 Å². The lowest BCUT2D eigenvalue weighted by Crippen LogP contribution is -2.26. The molecule has 0 spiro atoms. The molecule has 0 fully saturated rings. The monoisotopic (exact) mass is 839 g/mol. The Kier molecular flexibility index (Phi) is 12.9. The predicted octanol–water partition coefficient (Wildman–Crippen LogP) is 16.0. The van der Waals surface area contributed by atoms with Crippen molar-refractivity contribution in [3.05, 3.63) is 258 Å². The van der Waals surface area contributed by atoms with Crippen LogP contribution in [0.25, 0.3) is 61.7 Å². The van der Waals surface area contributed by atoms with Crippen LogP contribution >= 0.6 is 0 Å². The second kappa shape index (κ2) is 19.7. The summed E-state index contributed by atoms with van der Waals surface area (Å²) in [5.74, 6) is 0.712. The molecule has 0 radical (unpaired) electrons. The number of hydrogen-bond donors (Lipinski definition) is 0. The largest absolute Gasteiger partial charge is 0.280 e. The summed E-state index contributed by atoms with van der Waals surface area (Å²) in [6.45, 7) is 7.35. The van der Waals surface area contributed by atoms with Crippen molar-refractivity contribution in [3.63, 3.8) is 0 Å². The van der Waals surface area contributed by atoms with E-state index < -0.39 is 0 Å². The maximum absolute atomic E-state index is 5.22. The lowest BCUT2D eigenvalue weighted by atomic mass is 9.70. The van der Waals surface area contributed by atoms with Crippen molar-refractivity contribution >= 4 is 11.3 Å². The van der Waals surface area contributed by atoms with E-state index in [0.717, 1.165) is 52.2 Å². The predicted molar refractivity (Wildman–Crippen MR) is 274 cm³/mol. The molecule has 0 N–H and O–H groups in total. The summed E-state index contributed by atoms with van der Waals surface area (Å²) in [5.41, 5.74) is 17.8. The van der Waals surface area contributed by atoms with Gasteiger partial charge in [0.1, 0.15) is 0 Å². The van der Waals surface area contributed by atoms with Gasteiger partial charge in [-0.25, -0.2) is 9.97 Å². The summed E-state index contributed by atoms with van der Waals surface area (Å²) in [4.78, 5) is 15.5. The SMILES string of the molecule is CCC(CC)(c1ccc(CN=C(/C=C(\C)c2ccc(-c3ccccc3)cc2)c2ccccc2)cc1)c1ccc(-c2nc(-c3ccccc3)cc(-c3ccc(-c4ccccc4)cc3)n2)cc1. The highest BCUT2D eigenvalue weighted by molar-refractivity contribution is 6.12. The average Bonchev–Trinajstić information content (AvgIpc) is 3.39. The lowest BCUT2D eigenvalue weighted by Gasteiger charge is -2.33. The summed E-state index contributed by atoms with van der Waals surface area (Å²) >= 11 is 0. The molecule has 0 unspecified atom stereocenters. The maximum Gasteiger partial charge on any atom is 0.160 e. The smallest absolute Gasteiger partial charge is 0.160 e. The molecule has 0 bridgehead atoms. The van der Waals surface area contributed by atoms with E-state index in [9.17, 15) is 0 Å². The highest BCUT2D eigenvalue weighted by Gasteiger charge is 2.30. The molecule has 3 nitrogen and oxygen atoms in total. The zero-order chi connectivity index (χ0) is 44.4. The van der Waals surface area contributed by atoms with Gasteiger partial charge in [0, 0.05) is 22.1 Å². The Balaban J connectivity index is 0.969. The van der Waals surface area contributed by atoms with E-state index in [-0.39, 0.29) is 5.41 Å². The first-order chi connectivity index (χ1) is 32.0. The molecule has 1 heterocycles. The van der Waals surface area contributed by atoms with Crippen LogP contribution in [0.15, 0.2) is 236 Å². The normalized spacial score (nSPS) is 12.0. The fraction of sp³-hybridized carbons (Fsp3) is 0.113. The van der Waals surface area contributed by atoms with Gasteiger partial charge in [0.2, 0.25) is 0 Å². The summed E-state index contributed by atoms with van der Waals surface area (Å²) in [6, 6.07) is 79.5. The Morgan fingerprint density at radius 3 is 1.34 bits per heavy atom. The summed E-state index contributed by atoms with van der Waals surface area (Å²) < 4.78 is 0. The van der Waals surface area contributed by atoms with Crippen LogP contribution in [0.3, 0.4) is 0 Å². The first-order valence-corrected chi connectivity index (χ1v) is 22.7. The quantitative estimate of drug-likeness (QED) is 0.102. The number of allylic oxidation sites excluding steroid dienone is 2. The zero-order valence-corrected chi connectivity index (χ0v) is 37.4. The Labute approximate surface area is 384 Å². The second-order valence-corrected chi connectivity index (χ2v) is 16.7. The Morgan fingerprint density at radius 2 is 0.831 bits per heavy atom. The standard InChI is InChI=1S/C62H53N3/c1-4-62(5-2,56-38-26-46(27-39-56)44-63-58(52-22-14-8-15-23-52)42-45(3)47-28-30-50(31-29-47)48-18-10-6-11-19-48)57-40-36-55(37-41-57)61-64-59(53-24-16-9-17-25-53)43-60(65-61)54-34-32-51(33-35-54)49-20-12-7-13-21-49/h6-43H,4-5,44H2,1-3H3/b45-42+,63-58?. The van der Waals surface area contributed by atoms with Gasteiger partial charge in [0.15, 0.2) is 5.82 Å². The van der Waals surface area contributed by atoms with E-state index in [1.54, 1.807) is 0 Å². The Morgan fingerprint density at radius 1 is 0.431 bits per heavy atom. The van der Waals surface area contributed by atoms with Crippen LogP contribution in [0.2, 0.25) is 0 Å². The van der Waals surface area contributed by atoms with Crippen molar-refractivity contribution in [1.82, 2.24) is 9.97 Å². The molecular weight excluding hydrogens is 787 g/mol. The van der Waals surface area contributed by atoms with Crippen molar-refractivity contribution in [3.8, 4) is 56.2 Å². The molecule has 0 aliphatic carbocycles. The van der Waals surface area contributed by atoms with Crippen LogP contribution in [-0.4, -0.2) is 15.7 Å². The number of rotatable bonds is 14. The molecule has 1 aromatic heterocycles. The number of benzene rings is 8. The maximum atomic E-state index is 5.22. The van der Waals surface area contributed by atoms with Crippen LogP contribution in [0.1, 0.15) is 61.4 Å². The van der Waals surface area contributed by atoms with Gasteiger partial charge in [0.05, 0.1) is 23.6 Å². The summed E-state index contributed by atoms with van der Waals surface area (Å²) in [7, 11) is 0. The van der Waals surface area contributed by atoms with Crippen molar-refractivity contribution in [1.29, 1.82) is 0 Å². The molecule has 0 amide bonds. The Hall–Kier alpha value is -7.75. The molecule has 316 valence electrons. The van der Waals surface area contributed by atoms with Gasteiger partial charge in [-0.05, 0) is 87.6 Å². The van der Waals surface area contributed by atoms with E-state index >= 15 is 0 Å². The summed E-state index contributed by atoms with van der Waals surface area (Å²) in [5, 5.41) is 0. The molecule has 8 aromatic carbocycles. The van der Waals surface area contributed by atoms with Crippen LogP contribution in [0.5, 0.6) is 0 Å². The molecule has 0 aliphatic rings. The van der Waals surface area contributed by atoms with Gasteiger partial charge in [-0.3, -0.25) is 4.99 Å². The minimum absolute atomic E-state index is 0.149. The molecule has 0 saturated heterocycles. The van der Waals surface area contributed by atoms with E-state index in [1.807, 2.05) is 12.1 Å². The molecule has 0 atom stereocenters. The lowest BCUT2D eigenvalue weighted by molar-refractivity contribution is 0.478. The second-order valence-electron chi connectivity index (χ2n) is 16.7. The molecule has 9 rings (SSSR count). The zero-order valence-electron chi connectivity index (χ0n) is 37.4. The highest BCUT2D eigenvalue weighted by Crippen LogP contribution is 2.40. The van der Waals surface area contributed by atoms with E-state index in [4.69, 9.17) is 15.0 Å². The van der Waals surface area contributed by atoms with Crippen LogP contribution in [0, 0.1) is 0 Å². The fourth-order valence-electron chi connectivity index (χ4n) is 8.90. The third kappa shape index (κ3) is 9.61. The van der Waals surface area contributed by atoms with Crippen molar-refractivity contribution in [2.24, 2.45) is 4.99 Å². The number of aromatic nitrogens is 2. The van der Waals surface area contributed by atoms with Crippen molar-refractivity contribution in [2.45, 2.75) is 45.6 Å².